The molecule has 2 aromatic carbocycles. The van der Waals surface area contributed by atoms with E-state index in [1.165, 1.54) is 55.2 Å². The van der Waals surface area contributed by atoms with Crippen LogP contribution in [0.2, 0.25) is 0 Å². The number of fused-ring (bicyclic) bond motifs is 4. The molecule has 0 saturated carbocycles. The summed E-state index contributed by atoms with van der Waals surface area (Å²) in [6.07, 6.45) is 4.20. The van der Waals surface area contributed by atoms with Crippen LogP contribution in [0.4, 0.5) is 0 Å². The highest BCUT2D eigenvalue weighted by atomic mass is 79.9. The van der Waals surface area contributed by atoms with Crippen molar-refractivity contribution < 1.29 is 39.6 Å². The molecule has 0 spiro atoms. The maximum atomic E-state index is 13.1. The number of benzene rings is 2. The first-order valence-corrected chi connectivity index (χ1v) is 24.1. The van der Waals surface area contributed by atoms with Gasteiger partial charge in [-0.25, -0.2) is 9.59 Å². The molecule has 14 nitrogen and oxygen atoms in total. The van der Waals surface area contributed by atoms with Crippen LogP contribution < -0.4 is 0 Å². The molecule has 6 N–H and O–H groups in total. The Morgan fingerprint density at radius 2 is 1.00 bits per heavy atom. The predicted octanol–water partition coefficient (Wildman–Crippen LogP) is 6.77. The number of nitrogens with one attached hydrogen (secondary N) is 2. The molecule has 6 atom stereocenters. The Bertz CT molecular complexity index is 2250. The molecule has 2 amide bonds. The van der Waals surface area contributed by atoms with Crippen LogP contribution in [0.25, 0.3) is 33.0 Å². The normalized spacial score (nSPS) is 20.9. The van der Waals surface area contributed by atoms with Crippen LogP contribution in [-0.2, 0) is 32.0 Å². The summed E-state index contributed by atoms with van der Waals surface area (Å²) in [5.41, 5.74) is 10.3. The number of halogens is 2. The maximum Gasteiger partial charge on any atom is 0.335 e. The Morgan fingerprint density at radius 1 is 0.641 bits per heavy atom. The van der Waals surface area contributed by atoms with Crippen LogP contribution >= 0.6 is 31.9 Å². The van der Waals surface area contributed by atoms with Gasteiger partial charge in [-0.15, -0.1) is 0 Å². The molecule has 0 saturated heterocycles. The number of hydrogen-bond acceptors (Lipinski definition) is 8. The molecular weight excluding hydrogens is 948 g/mol. The van der Waals surface area contributed by atoms with E-state index in [4.69, 9.17) is 20.4 Å². The van der Waals surface area contributed by atoms with Gasteiger partial charge < -0.3 is 40.2 Å². The van der Waals surface area contributed by atoms with Crippen LogP contribution in [0.5, 0.6) is 0 Å². The molecule has 4 aliphatic rings. The Morgan fingerprint density at radius 3 is 1.31 bits per heavy atom. The lowest BCUT2D eigenvalue weighted by Gasteiger charge is -2.42. The second kappa shape index (κ2) is 21.3. The SMILES string of the molecule is CCCN1C[C@H](C(=O)N(CC)CC)C=C2c3cccc4[nH]c(Br)c(c34)C[C@H]21.CCCN1C[C@H](C(=O)N(CC)CC)C=C2c3cccc4[nH]c(Br)c(c34)C[C@H]21.O=C(O)C(O)C(O)C(=O)O. The minimum atomic E-state index is -2.27. The fourth-order valence-corrected chi connectivity index (χ4v) is 11.1. The first-order valence-electron chi connectivity index (χ1n) is 22.5. The summed E-state index contributed by atoms with van der Waals surface area (Å²) in [6, 6.07) is 13.7. The smallest absolute Gasteiger partial charge is 0.335 e. The second-order valence-corrected chi connectivity index (χ2v) is 18.4. The molecule has 0 fully saturated rings. The van der Waals surface area contributed by atoms with Gasteiger partial charge in [0.05, 0.1) is 21.0 Å². The van der Waals surface area contributed by atoms with E-state index < -0.39 is 24.1 Å². The average Bonchev–Trinajstić information content (AvgIpc) is 3.79. The Kier molecular flexibility index (Phi) is 16.4. The van der Waals surface area contributed by atoms with Crippen molar-refractivity contribution in [2.24, 2.45) is 11.8 Å². The highest BCUT2D eigenvalue weighted by Gasteiger charge is 2.40. The van der Waals surface area contributed by atoms with E-state index in [9.17, 15) is 19.2 Å². The number of aliphatic hydroxyl groups excluding tert-OH is 2. The topological polar surface area (TPSA) is 194 Å². The Labute approximate surface area is 391 Å². The number of carboxylic acid groups (broad SMARTS) is 2. The Balaban J connectivity index is 0.000000176. The van der Waals surface area contributed by atoms with Gasteiger partial charge in [-0.1, -0.05) is 50.3 Å². The number of carboxylic acids is 2. The molecule has 2 aliphatic heterocycles. The number of aliphatic carboxylic acids is 2. The van der Waals surface area contributed by atoms with E-state index in [0.717, 1.165) is 87.2 Å². The number of nitrogens with zero attached hydrogens (tertiary/aromatic N) is 4. The second-order valence-electron chi connectivity index (χ2n) is 16.8. The van der Waals surface area contributed by atoms with Gasteiger partial charge in [0.15, 0.2) is 12.2 Å². The van der Waals surface area contributed by atoms with Crippen LogP contribution in [0.1, 0.15) is 76.6 Å². The molecule has 4 heterocycles. The molecule has 4 aromatic rings. The van der Waals surface area contributed by atoms with Crippen molar-refractivity contribution in [1.29, 1.82) is 0 Å². The number of aromatic amines is 2. The minimum absolute atomic E-state index is 0.0538. The maximum absolute atomic E-state index is 13.1. The fraction of sp³-hybridized carbons (Fsp3) is 0.500. The molecule has 0 radical (unpaired) electrons. The highest BCUT2D eigenvalue weighted by molar-refractivity contribution is 9.10. The number of amides is 2. The quantitative estimate of drug-likeness (QED) is 0.0833. The molecule has 0 bridgehead atoms. The van der Waals surface area contributed by atoms with E-state index in [1.54, 1.807) is 0 Å². The summed E-state index contributed by atoms with van der Waals surface area (Å²) in [7, 11) is 0. The highest BCUT2D eigenvalue weighted by Crippen LogP contribution is 2.45. The number of carbonyl (C=O) groups excluding carboxylic acids is 2. The first kappa shape index (κ1) is 49.1. The van der Waals surface area contributed by atoms with Gasteiger partial charge in [-0.05, 0) is 144 Å². The van der Waals surface area contributed by atoms with E-state index in [0.29, 0.717) is 12.1 Å². The zero-order chi connectivity index (χ0) is 46.6. The van der Waals surface area contributed by atoms with Crippen molar-refractivity contribution in [2.75, 3.05) is 52.4 Å². The Hall–Kier alpha value is -4.32. The lowest BCUT2D eigenvalue weighted by Crippen LogP contribution is -2.49. The van der Waals surface area contributed by atoms with Gasteiger partial charge in [0.1, 0.15) is 0 Å². The molecule has 346 valence electrons. The summed E-state index contributed by atoms with van der Waals surface area (Å²) in [4.78, 5) is 61.7. The van der Waals surface area contributed by atoms with Gasteiger partial charge in [0, 0.05) is 73.2 Å². The molecule has 2 unspecified atom stereocenters. The summed E-state index contributed by atoms with van der Waals surface area (Å²) in [6.45, 7) is 19.5. The van der Waals surface area contributed by atoms with Crippen molar-refractivity contribution >= 4 is 88.6 Å². The van der Waals surface area contributed by atoms with E-state index in [2.05, 4.69) is 142 Å². The van der Waals surface area contributed by atoms with E-state index >= 15 is 0 Å². The summed E-state index contributed by atoms with van der Waals surface area (Å²) in [5.74, 6) is -3.12. The van der Waals surface area contributed by atoms with Gasteiger partial charge in [0.2, 0.25) is 11.8 Å². The largest absolute Gasteiger partial charge is 0.479 e. The number of aromatic nitrogens is 2. The number of carbonyl (C=O) groups is 4. The first-order chi connectivity index (χ1) is 30.6. The standard InChI is InChI=1S/2C22H28BrN3O.C4H6O6/c2*1-4-10-26-13-14(22(27)25(5-2)6-3)11-16-15-8-7-9-18-20(15)17(12-19(16)26)21(23)24-18;5-1(3(7)8)2(6)4(9)10/h2*7-9,11,14,19,24H,4-6,10,12-13H2,1-3H3;1-2,5-6H,(H,7,8)(H,9,10)/t2*14-,19-;/m11./s1. The predicted molar refractivity (Wildman–Crippen MR) is 257 cm³/mol. The van der Waals surface area contributed by atoms with Gasteiger partial charge in [-0.3, -0.25) is 19.4 Å². The molecule has 2 aliphatic carbocycles. The minimum Gasteiger partial charge on any atom is -0.479 e. The summed E-state index contributed by atoms with van der Waals surface area (Å²) >= 11 is 7.46. The number of H-pyrrole nitrogens is 2. The summed E-state index contributed by atoms with van der Waals surface area (Å²) in [5, 5.41) is 35.2. The van der Waals surface area contributed by atoms with Gasteiger partial charge in [0.25, 0.3) is 0 Å². The lowest BCUT2D eigenvalue weighted by atomic mass is 9.79. The van der Waals surface area contributed by atoms with Crippen molar-refractivity contribution in [1.82, 2.24) is 29.6 Å². The van der Waals surface area contributed by atoms with Crippen molar-refractivity contribution in [3.05, 3.63) is 80.0 Å². The third-order valence-corrected chi connectivity index (χ3v) is 14.4. The number of hydrogen-bond donors (Lipinski definition) is 6. The third-order valence-electron chi connectivity index (χ3n) is 13.0. The monoisotopic (exact) mass is 1010 g/mol. The zero-order valence-corrected chi connectivity index (χ0v) is 40.7. The fourth-order valence-electron chi connectivity index (χ4n) is 9.93. The van der Waals surface area contributed by atoms with Crippen LogP contribution in [0.15, 0.2) is 57.8 Å². The zero-order valence-electron chi connectivity index (χ0n) is 37.5. The number of aliphatic hydroxyl groups is 2. The van der Waals surface area contributed by atoms with Crippen molar-refractivity contribution in [3.8, 4) is 0 Å². The molecular formula is C48H62Br2N6O8. The average molecular weight is 1010 g/mol. The van der Waals surface area contributed by atoms with Gasteiger partial charge in [-0.2, -0.15) is 0 Å². The van der Waals surface area contributed by atoms with Crippen molar-refractivity contribution in [2.45, 2.75) is 91.5 Å². The van der Waals surface area contributed by atoms with Crippen LogP contribution in [-0.4, -0.2) is 150 Å². The van der Waals surface area contributed by atoms with Crippen molar-refractivity contribution in [3.63, 3.8) is 0 Å². The van der Waals surface area contributed by atoms with Gasteiger partial charge >= 0.3 is 11.9 Å². The van der Waals surface area contributed by atoms with E-state index in [1.807, 2.05) is 9.80 Å². The van der Waals surface area contributed by atoms with E-state index in [-0.39, 0.29) is 23.7 Å². The van der Waals surface area contributed by atoms with Crippen LogP contribution in [0, 0.1) is 11.8 Å². The molecule has 2 aromatic heterocycles. The number of rotatable bonds is 13. The molecule has 16 heteroatoms. The third kappa shape index (κ3) is 9.78. The lowest BCUT2D eigenvalue weighted by molar-refractivity contribution is -0.165. The molecule has 8 rings (SSSR count). The van der Waals surface area contributed by atoms with Crippen LogP contribution in [0.3, 0.4) is 0 Å². The summed E-state index contributed by atoms with van der Waals surface area (Å²) < 4.78 is 2.20. The molecule has 64 heavy (non-hydrogen) atoms.